The number of morpholine rings is 1. The zero-order valence-electron chi connectivity index (χ0n) is 12.8. The van der Waals surface area contributed by atoms with E-state index in [9.17, 15) is 8.42 Å². The average Bonchev–Trinajstić information content (AvgIpc) is 2.44. The lowest BCUT2D eigenvalue weighted by Gasteiger charge is -2.45. The average molecular weight is 313 g/mol. The number of benzene rings is 1. The van der Waals surface area contributed by atoms with Gasteiger partial charge in [0, 0.05) is 18.6 Å². The van der Waals surface area contributed by atoms with Gasteiger partial charge < -0.3 is 4.74 Å². The van der Waals surface area contributed by atoms with E-state index in [1.165, 1.54) is 12.7 Å². The van der Waals surface area contributed by atoms with Crippen molar-refractivity contribution in [1.29, 1.82) is 0 Å². The van der Waals surface area contributed by atoms with Crippen LogP contribution in [0.2, 0.25) is 0 Å². The fraction of sp³-hybridized carbons (Fsp3) is 0.600. The van der Waals surface area contributed by atoms with Crippen molar-refractivity contribution in [3.8, 4) is 0 Å². The fourth-order valence-corrected chi connectivity index (χ4v) is 3.23. The minimum Gasteiger partial charge on any atom is -0.374 e. The second-order valence-electron chi connectivity index (χ2n) is 6.00. The Hall–Kier alpha value is -0.950. The van der Waals surface area contributed by atoms with E-state index in [1.54, 1.807) is 0 Å². The number of rotatable bonds is 5. The first-order valence-electron chi connectivity index (χ1n) is 7.01. The third-order valence-corrected chi connectivity index (χ3v) is 5.10. The van der Waals surface area contributed by atoms with Gasteiger partial charge in [-0.25, -0.2) is 0 Å². The van der Waals surface area contributed by atoms with E-state index in [1.807, 2.05) is 18.2 Å². The molecular weight excluding hydrogens is 290 g/mol. The number of ether oxygens (including phenoxy) is 1. The number of hydrogen-bond acceptors (Lipinski definition) is 5. The summed E-state index contributed by atoms with van der Waals surface area (Å²) in [5, 5.41) is 0. The molecule has 1 aromatic carbocycles. The van der Waals surface area contributed by atoms with Crippen LogP contribution in [0.4, 0.5) is 0 Å². The van der Waals surface area contributed by atoms with Gasteiger partial charge in [0.2, 0.25) is 0 Å². The molecule has 0 N–H and O–H groups in total. The predicted octanol–water partition coefficient (Wildman–Crippen LogP) is 1.64. The van der Waals surface area contributed by atoms with E-state index in [0.717, 1.165) is 6.54 Å². The molecule has 6 heteroatoms. The SMILES string of the molecule is COS(=O)(=O)CC1CN(Cc2ccccc2)C(C)(C)CO1. The van der Waals surface area contributed by atoms with Gasteiger partial charge in [-0.15, -0.1) is 0 Å². The summed E-state index contributed by atoms with van der Waals surface area (Å²) in [5.74, 6) is -0.106. The Morgan fingerprint density at radius 2 is 2.00 bits per heavy atom. The van der Waals surface area contributed by atoms with Crippen molar-refractivity contribution in [1.82, 2.24) is 4.90 Å². The highest BCUT2D eigenvalue weighted by Gasteiger charge is 2.36. The van der Waals surface area contributed by atoms with Crippen LogP contribution >= 0.6 is 0 Å². The number of nitrogens with zero attached hydrogens (tertiary/aromatic N) is 1. The third kappa shape index (κ3) is 4.51. The van der Waals surface area contributed by atoms with E-state index in [2.05, 4.69) is 35.1 Å². The van der Waals surface area contributed by atoms with Crippen molar-refractivity contribution < 1.29 is 17.3 Å². The maximum absolute atomic E-state index is 11.6. The zero-order valence-corrected chi connectivity index (χ0v) is 13.6. The first-order chi connectivity index (χ1) is 9.82. The van der Waals surface area contributed by atoms with Gasteiger partial charge in [-0.3, -0.25) is 9.08 Å². The molecule has 0 radical (unpaired) electrons. The van der Waals surface area contributed by atoms with E-state index in [0.29, 0.717) is 13.2 Å². The van der Waals surface area contributed by atoms with Gasteiger partial charge in [0.15, 0.2) is 0 Å². The molecule has 1 atom stereocenters. The predicted molar refractivity (Wildman–Crippen MR) is 81.5 cm³/mol. The van der Waals surface area contributed by atoms with Crippen molar-refractivity contribution in [2.75, 3.05) is 26.0 Å². The summed E-state index contributed by atoms with van der Waals surface area (Å²) in [6.07, 6.45) is -0.355. The summed E-state index contributed by atoms with van der Waals surface area (Å²) in [7, 11) is -2.32. The van der Waals surface area contributed by atoms with E-state index in [4.69, 9.17) is 4.74 Å². The number of hydrogen-bond donors (Lipinski definition) is 0. The van der Waals surface area contributed by atoms with Gasteiger partial charge in [0.05, 0.1) is 19.8 Å². The molecule has 1 heterocycles. The molecule has 1 aliphatic rings. The van der Waals surface area contributed by atoms with Crippen LogP contribution in [-0.2, 0) is 25.6 Å². The first kappa shape index (κ1) is 16.4. The van der Waals surface area contributed by atoms with Crippen LogP contribution in [0, 0.1) is 0 Å². The topological polar surface area (TPSA) is 55.8 Å². The molecule has 1 aliphatic heterocycles. The molecule has 0 aliphatic carbocycles. The highest BCUT2D eigenvalue weighted by atomic mass is 32.2. The summed E-state index contributed by atoms with van der Waals surface area (Å²) in [4.78, 5) is 2.27. The van der Waals surface area contributed by atoms with Crippen LogP contribution in [0.5, 0.6) is 0 Å². The summed E-state index contributed by atoms with van der Waals surface area (Å²) < 4.78 is 33.4. The monoisotopic (exact) mass is 313 g/mol. The third-order valence-electron chi connectivity index (χ3n) is 3.81. The lowest BCUT2D eigenvalue weighted by atomic mass is 10.00. The minimum absolute atomic E-state index is 0.106. The molecule has 0 amide bonds. The summed E-state index contributed by atoms with van der Waals surface area (Å²) in [5.41, 5.74) is 1.09. The fourth-order valence-electron chi connectivity index (χ4n) is 2.44. The van der Waals surface area contributed by atoms with Gasteiger partial charge >= 0.3 is 0 Å². The molecule has 21 heavy (non-hydrogen) atoms. The maximum Gasteiger partial charge on any atom is 0.269 e. The molecule has 1 fully saturated rings. The maximum atomic E-state index is 11.6. The smallest absolute Gasteiger partial charge is 0.269 e. The van der Waals surface area contributed by atoms with Crippen molar-refractivity contribution in [2.24, 2.45) is 0 Å². The standard InChI is InChI=1S/C15H23NO4S/c1-15(2)12-20-14(11-21(17,18)19-3)10-16(15)9-13-7-5-4-6-8-13/h4-8,14H,9-12H2,1-3H3. The van der Waals surface area contributed by atoms with E-state index >= 15 is 0 Å². The molecule has 0 bridgehead atoms. The van der Waals surface area contributed by atoms with Gasteiger partial charge in [0.25, 0.3) is 10.1 Å². The normalized spacial score (nSPS) is 23.1. The van der Waals surface area contributed by atoms with Crippen LogP contribution < -0.4 is 0 Å². The first-order valence-corrected chi connectivity index (χ1v) is 8.59. The van der Waals surface area contributed by atoms with Crippen LogP contribution in [0.25, 0.3) is 0 Å². The van der Waals surface area contributed by atoms with Gasteiger partial charge in [-0.05, 0) is 19.4 Å². The lowest BCUT2D eigenvalue weighted by molar-refractivity contribution is -0.0940. The summed E-state index contributed by atoms with van der Waals surface area (Å²) in [6, 6.07) is 10.2. The Labute approximate surface area is 127 Å². The quantitative estimate of drug-likeness (QED) is 0.774. The second-order valence-corrected chi connectivity index (χ2v) is 7.78. The molecule has 1 unspecified atom stereocenters. The van der Waals surface area contributed by atoms with Crippen LogP contribution in [-0.4, -0.2) is 51.0 Å². The Morgan fingerprint density at radius 1 is 1.33 bits per heavy atom. The van der Waals surface area contributed by atoms with Gasteiger partial charge in [-0.1, -0.05) is 30.3 Å². The summed E-state index contributed by atoms with van der Waals surface area (Å²) >= 11 is 0. The second kappa shape index (κ2) is 6.44. The van der Waals surface area contributed by atoms with Crippen molar-refractivity contribution in [2.45, 2.75) is 32.0 Å². The van der Waals surface area contributed by atoms with E-state index < -0.39 is 10.1 Å². The van der Waals surface area contributed by atoms with Gasteiger partial charge in [0.1, 0.15) is 5.75 Å². The molecule has 2 rings (SSSR count). The lowest BCUT2D eigenvalue weighted by Crippen LogP contribution is -2.56. The molecule has 118 valence electrons. The molecule has 5 nitrogen and oxygen atoms in total. The summed E-state index contributed by atoms with van der Waals surface area (Å²) in [6.45, 7) is 6.07. The Morgan fingerprint density at radius 3 is 2.62 bits per heavy atom. The Bertz CT molecular complexity index is 556. The molecule has 0 saturated carbocycles. The zero-order chi connectivity index (χ0) is 15.5. The largest absolute Gasteiger partial charge is 0.374 e. The molecule has 1 aromatic rings. The highest BCUT2D eigenvalue weighted by molar-refractivity contribution is 7.86. The molecular formula is C15H23NO4S. The molecule has 0 spiro atoms. The highest BCUT2D eigenvalue weighted by Crippen LogP contribution is 2.25. The Kier molecular flexibility index (Phi) is 5.03. The minimum atomic E-state index is -3.50. The van der Waals surface area contributed by atoms with Crippen LogP contribution in [0.1, 0.15) is 19.4 Å². The van der Waals surface area contributed by atoms with Crippen molar-refractivity contribution >= 4 is 10.1 Å². The van der Waals surface area contributed by atoms with E-state index in [-0.39, 0.29) is 17.4 Å². The molecule has 0 aromatic heterocycles. The Balaban J connectivity index is 2.06. The van der Waals surface area contributed by atoms with Gasteiger partial charge in [-0.2, -0.15) is 8.42 Å². The van der Waals surface area contributed by atoms with Crippen LogP contribution in [0.15, 0.2) is 30.3 Å². The van der Waals surface area contributed by atoms with Crippen molar-refractivity contribution in [3.05, 3.63) is 35.9 Å². The van der Waals surface area contributed by atoms with Crippen molar-refractivity contribution in [3.63, 3.8) is 0 Å². The molecule has 1 saturated heterocycles. The van der Waals surface area contributed by atoms with Crippen LogP contribution in [0.3, 0.4) is 0 Å².